The minimum Gasteiger partial charge on any atom is -0.317 e. The highest BCUT2D eigenvalue weighted by molar-refractivity contribution is 9.10. The molecule has 0 atom stereocenters. The summed E-state index contributed by atoms with van der Waals surface area (Å²) in [6, 6.07) is 5.49. The molecule has 3 rings (SSSR count). The number of piperidine rings is 1. The largest absolute Gasteiger partial charge is 0.331 e. The Bertz CT molecular complexity index is 788. The van der Waals surface area contributed by atoms with Gasteiger partial charge >= 0.3 is 5.69 Å². The van der Waals surface area contributed by atoms with Gasteiger partial charge in [-0.3, -0.25) is 13.9 Å². The second kappa shape index (κ2) is 5.77. The van der Waals surface area contributed by atoms with E-state index in [1.54, 1.807) is 10.6 Å². The van der Waals surface area contributed by atoms with E-state index in [0.717, 1.165) is 30.4 Å². The first-order chi connectivity index (χ1) is 10.1. The fraction of sp³-hybridized carbons (Fsp3) is 0.467. The van der Waals surface area contributed by atoms with E-state index in [9.17, 15) is 9.59 Å². The van der Waals surface area contributed by atoms with Gasteiger partial charge in [0.05, 0.1) is 10.9 Å². The Morgan fingerprint density at radius 3 is 2.67 bits per heavy atom. The van der Waals surface area contributed by atoms with E-state index in [-0.39, 0.29) is 17.3 Å². The molecular formula is C15H18BrN3O2. The maximum absolute atomic E-state index is 12.8. The van der Waals surface area contributed by atoms with E-state index in [1.165, 1.54) is 4.57 Å². The number of benzene rings is 1. The number of rotatable bonds is 2. The Labute approximate surface area is 130 Å². The first kappa shape index (κ1) is 14.5. The highest BCUT2D eigenvalue weighted by Crippen LogP contribution is 2.19. The van der Waals surface area contributed by atoms with Gasteiger partial charge in [-0.05, 0) is 51.1 Å². The third-order valence-electron chi connectivity index (χ3n) is 4.13. The van der Waals surface area contributed by atoms with Gasteiger partial charge in [0, 0.05) is 17.1 Å². The summed E-state index contributed by atoms with van der Waals surface area (Å²) in [4.78, 5) is 25.5. The van der Waals surface area contributed by atoms with Gasteiger partial charge in [-0.15, -0.1) is 0 Å². The monoisotopic (exact) mass is 351 g/mol. The summed E-state index contributed by atoms with van der Waals surface area (Å²) < 4.78 is 4.00. The van der Waals surface area contributed by atoms with Gasteiger partial charge in [0.25, 0.3) is 5.56 Å². The highest BCUT2D eigenvalue weighted by atomic mass is 79.9. The molecule has 2 heterocycles. The van der Waals surface area contributed by atoms with Crippen molar-refractivity contribution in [1.82, 2.24) is 14.5 Å². The molecule has 0 unspecified atom stereocenters. The summed E-state index contributed by atoms with van der Waals surface area (Å²) in [5, 5.41) is 3.87. The van der Waals surface area contributed by atoms with Gasteiger partial charge in [0.15, 0.2) is 0 Å². The van der Waals surface area contributed by atoms with Crippen LogP contribution in [0.15, 0.2) is 32.3 Å². The molecule has 1 aliphatic rings. The second-order valence-corrected chi connectivity index (χ2v) is 6.26. The number of fused-ring (bicyclic) bond motifs is 1. The Morgan fingerprint density at radius 2 is 2.00 bits per heavy atom. The molecule has 1 aromatic heterocycles. The molecule has 0 aliphatic carbocycles. The number of aromatic nitrogens is 2. The van der Waals surface area contributed by atoms with Crippen LogP contribution in [-0.2, 0) is 6.54 Å². The van der Waals surface area contributed by atoms with Crippen LogP contribution >= 0.6 is 15.9 Å². The number of halogens is 1. The standard InChI is InChI=1S/C15H18BrN3O2/c1-2-18-13-4-3-10(16)9-12(13)14(20)19(15(18)21)11-5-7-17-8-6-11/h3-4,9,11,17H,2,5-8H2,1H3. The fourth-order valence-corrected chi connectivity index (χ4v) is 3.42. The van der Waals surface area contributed by atoms with Crippen molar-refractivity contribution in [1.29, 1.82) is 0 Å². The molecule has 1 N–H and O–H groups in total. The Morgan fingerprint density at radius 1 is 1.29 bits per heavy atom. The molecular weight excluding hydrogens is 334 g/mol. The Kier molecular flexibility index (Phi) is 3.99. The van der Waals surface area contributed by atoms with Crippen molar-refractivity contribution >= 4 is 26.8 Å². The molecule has 0 amide bonds. The Hall–Kier alpha value is -1.40. The van der Waals surface area contributed by atoms with Crippen LogP contribution < -0.4 is 16.6 Å². The van der Waals surface area contributed by atoms with Crippen LogP contribution in [0.1, 0.15) is 25.8 Å². The predicted octanol–water partition coefficient (Wildman–Crippen LogP) is 1.87. The lowest BCUT2D eigenvalue weighted by Crippen LogP contribution is -2.45. The highest BCUT2D eigenvalue weighted by Gasteiger charge is 2.21. The number of nitrogens with zero attached hydrogens (tertiary/aromatic N) is 2. The minimum atomic E-state index is -0.191. The van der Waals surface area contributed by atoms with E-state index in [4.69, 9.17) is 0 Å². The van der Waals surface area contributed by atoms with Crippen molar-refractivity contribution in [3.63, 3.8) is 0 Å². The molecule has 21 heavy (non-hydrogen) atoms. The van der Waals surface area contributed by atoms with E-state index in [0.29, 0.717) is 17.4 Å². The lowest BCUT2D eigenvalue weighted by atomic mass is 10.1. The molecule has 0 bridgehead atoms. The summed E-state index contributed by atoms with van der Waals surface area (Å²) in [7, 11) is 0. The van der Waals surface area contributed by atoms with Crippen LogP contribution in [0.3, 0.4) is 0 Å². The van der Waals surface area contributed by atoms with Gasteiger partial charge in [0.1, 0.15) is 0 Å². The van der Waals surface area contributed by atoms with E-state index in [1.807, 2.05) is 19.1 Å². The number of hydrogen-bond acceptors (Lipinski definition) is 3. The van der Waals surface area contributed by atoms with Gasteiger partial charge in [-0.1, -0.05) is 15.9 Å². The van der Waals surface area contributed by atoms with Crippen LogP contribution in [0.25, 0.3) is 10.9 Å². The third-order valence-corrected chi connectivity index (χ3v) is 4.62. The lowest BCUT2D eigenvalue weighted by molar-refractivity contribution is 0.346. The first-order valence-corrected chi connectivity index (χ1v) is 8.08. The maximum Gasteiger partial charge on any atom is 0.331 e. The fourth-order valence-electron chi connectivity index (χ4n) is 3.06. The average molecular weight is 352 g/mol. The number of nitrogens with one attached hydrogen (secondary N) is 1. The smallest absolute Gasteiger partial charge is 0.317 e. The van der Waals surface area contributed by atoms with Crippen LogP contribution in [0.5, 0.6) is 0 Å². The van der Waals surface area contributed by atoms with Gasteiger partial charge < -0.3 is 5.32 Å². The molecule has 112 valence electrons. The molecule has 0 spiro atoms. The molecule has 5 nitrogen and oxygen atoms in total. The summed E-state index contributed by atoms with van der Waals surface area (Å²) >= 11 is 3.41. The zero-order valence-electron chi connectivity index (χ0n) is 11.9. The van der Waals surface area contributed by atoms with E-state index in [2.05, 4.69) is 21.2 Å². The SMILES string of the molecule is CCn1c(=O)n(C2CCNCC2)c(=O)c2cc(Br)ccc21. The maximum atomic E-state index is 12.8. The number of aryl methyl sites for hydroxylation is 1. The molecule has 1 saturated heterocycles. The van der Waals surface area contributed by atoms with Crippen LogP contribution in [-0.4, -0.2) is 22.2 Å². The molecule has 0 saturated carbocycles. The van der Waals surface area contributed by atoms with Gasteiger partial charge in [-0.2, -0.15) is 0 Å². The van der Waals surface area contributed by atoms with Crippen molar-refractivity contribution < 1.29 is 0 Å². The zero-order valence-corrected chi connectivity index (χ0v) is 13.5. The molecule has 0 radical (unpaired) electrons. The third kappa shape index (κ3) is 2.46. The van der Waals surface area contributed by atoms with Crippen molar-refractivity contribution in [2.24, 2.45) is 0 Å². The molecule has 6 heteroatoms. The van der Waals surface area contributed by atoms with E-state index >= 15 is 0 Å². The molecule has 1 fully saturated rings. The van der Waals surface area contributed by atoms with E-state index < -0.39 is 0 Å². The van der Waals surface area contributed by atoms with Crippen LogP contribution in [0.4, 0.5) is 0 Å². The van der Waals surface area contributed by atoms with Gasteiger partial charge in [-0.25, -0.2) is 4.79 Å². The minimum absolute atomic E-state index is 0.00701. The van der Waals surface area contributed by atoms with Crippen molar-refractivity contribution in [3.8, 4) is 0 Å². The van der Waals surface area contributed by atoms with Crippen molar-refractivity contribution in [3.05, 3.63) is 43.5 Å². The topological polar surface area (TPSA) is 56.0 Å². The van der Waals surface area contributed by atoms with Crippen LogP contribution in [0.2, 0.25) is 0 Å². The molecule has 1 aliphatic heterocycles. The second-order valence-electron chi connectivity index (χ2n) is 5.34. The van der Waals surface area contributed by atoms with Crippen LogP contribution in [0, 0.1) is 0 Å². The summed E-state index contributed by atoms with van der Waals surface area (Å²) in [6.07, 6.45) is 1.64. The first-order valence-electron chi connectivity index (χ1n) is 7.28. The quantitative estimate of drug-likeness (QED) is 0.898. The number of hydrogen-bond donors (Lipinski definition) is 1. The molecule has 2 aromatic rings. The summed E-state index contributed by atoms with van der Waals surface area (Å²) in [6.45, 7) is 4.18. The van der Waals surface area contributed by atoms with Gasteiger partial charge in [0.2, 0.25) is 0 Å². The van der Waals surface area contributed by atoms with Crippen molar-refractivity contribution in [2.45, 2.75) is 32.4 Å². The lowest BCUT2D eigenvalue weighted by Gasteiger charge is -2.25. The molecule has 1 aromatic carbocycles. The van der Waals surface area contributed by atoms with Crippen molar-refractivity contribution in [2.75, 3.05) is 13.1 Å². The normalized spacial score (nSPS) is 16.5. The average Bonchev–Trinajstić information content (AvgIpc) is 2.50. The summed E-state index contributed by atoms with van der Waals surface area (Å²) in [5.74, 6) is 0. The Balaban J connectivity index is 2.33. The zero-order chi connectivity index (χ0) is 15.0. The predicted molar refractivity (Wildman–Crippen MR) is 87.0 cm³/mol. The summed E-state index contributed by atoms with van der Waals surface area (Å²) in [5.41, 5.74) is 0.345.